The summed E-state index contributed by atoms with van der Waals surface area (Å²) in [5, 5.41) is -0.0547. The van der Waals surface area contributed by atoms with E-state index in [2.05, 4.69) is 0 Å². The molecule has 0 amide bonds. The van der Waals surface area contributed by atoms with Crippen molar-refractivity contribution in [3.8, 4) is 0 Å². The van der Waals surface area contributed by atoms with Gasteiger partial charge in [0.1, 0.15) is 0 Å². The number of ether oxygens (including phenoxy) is 1. The molecule has 2 nitrogen and oxygen atoms in total. The van der Waals surface area contributed by atoms with Crippen molar-refractivity contribution >= 4 is 17.4 Å². The van der Waals surface area contributed by atoms with Gasteiger partial charge in [-0.05, 0) is 18.9 Å². The third kappa shape index (κ3) is 3.47. The zero-order valence-corrected chi connectivity index (χ0v) is 10.0. The molecule has 0 fully saturated rings. The molecule has 0 aromatic carbocycles. The van der Waals surface area contributed by atoms with E-state index in [1.54, 1.807) is 0 Å². The number of Topliss-reactive ketones (excluding diaryl/α,β-unsaturated/α-hetero) is 1. The molecule has 0 saturated carbocycles. The van der Waals surface area contributed by atoms with Gasteiger partial charge < -0.3 is 4.74 Å². The van der Waals surface area contributed by atoms with Crippen molar-refractivity contribution < 1.29 is 9.53 Å². The summed E-state index contributed by atoms with van der Waals surface area (Å²) < 4.78 is 5.33. The molecular weight excluding hydrogens is 212 g/mol. The summed E-state index contributed by atoms with van der Waals surface area (Å²) in [5.74, 6) is 0.145. The number of carbonyl (C=O) groups is 1. The van der Waals surface area contributed by atoms with Gasteiger partial charge in [0.05, 0.1) is 12.0 Å². The average molecular weight is 229 g/mol. The Balaban J connectivity index is 2.76. The monoisotopic (exact) mass is 228 g/mol. The minimum Gasteiger partial charge on any atom is -0.377 e. The highest BCUT2D eigenvalue weighted by Crippen LogP contribution is 2.24. The molecule has 1 unspecified atom stereocenters. The van der Waals surface area contributed by atoms with Gasteiger partial charge in [0.25, 0.3) is 0 Å². The molecule has 0 bridgehead atoms. The van der Waals surface area contributed by atoms with Gasteiger partial charge in [0.15, 0.2) is 5.78 Å². The second kappa shape index (κ2) is 6.09. The molecule has 0 radical (unpaired) electrons. The first-order valence-corrected chi connectivity index (χ1v) is 5.78. The predicted octanol–water partition coefficient (Wildman–Crippen LogP) is 2.87. The molecule has 0 spiro atoms. The van der Waals surface area contributed by atoms with Crippen molar-refractivity contribution in [2.24, 2.45) is 0 Å². The van der Waals surface area contributed by atoms with Gasteiger partial charge in [-0.1, -0.05) is 19.1 Å². The highest BCUT2D eigenvalue weighted by atomic mass is 35.5. The van der Waals surface area contributed by atoms with E-state index in [9.17, 15) is 4.79 Å². The Bertz CT molecular complexity index is 292. The van der Waals surface area contributed by atoms with Crippen molar-refractivity contribution in [1.29, 1.82) is 0 Å². The number of hydrogen-bond donors (Lipinski definition) is 0. The molecule has 0 saturated heterocycles. The molecule has 3 heteroatoms. The molecule has 1 aliphatic carbocycles. The van der Waals surface area contributed by atoms with Crippen LogP contribution < -0.4 is 0 Å². The van der Waals surface area contributed by atoms with Gasteiger partial charge in [-0.25, -0.2) is 0 Å². The fourth-order valence-corrected chi connectivity index (χ4v) is 1.75. The van der Waals surface area contributed by atoms with E-state index in [0.29, 0.717) is 19.6 Å². The molecule has 1 rings (SSSR count). The maximum absolute atomic E-state index is 11.7. The highest BCUT2D eigenvalue weighted by molar-refractivity contribution is 6.22. The molecule has 84 valence electrons. The van der Waals surface area contributed by atoms with E-state index >= 15 is 0 Å². The lowest BCUT2D eigenvalue weighted by atomic mass is 9.94. The van der Waals surface area contributed by atoms with Crippen LogP contribution in [0.2, 0.25) is 0 Å². The SMILES string of the molecule is CCOCC1=CCC(Cl)C=C1C(=O)CC. The molecule has 15 heavy (non-hydrogen) atoms. The van der Waals surface area contributed by atoms with Crippen molar-refractivity contribution in [2.45, 2.75) is 32.1 Å². The summed E-state index contributed by atoms with van der Waals surface area (Å²) in [6.07, 6.45) is 5.15. The van der Waals surface area contributed by atoms with Gasteiger partial charge >= 0.3 is 0 Å². The highest BCUT2D eigenvalue weighted by Gasteiger charge is 2.18. The van der Waals surface area contributed by atoms with E-state index in [4.69, 9.17) is 16.3 Å². The standard InChI is InChI=1S/C12H17ClO2/c1-3-12(14)11-7-10(13)6-5-9(11)8-15-4-2/h5,7,10H,3-4,6,8H2,1-2H3. The zero-order valence-electron chi connectivity index (χ0n) is 9.25. The topological polar surface area (TPSA) is 26.3 Å². The van der Waals surface area contributed by atoms with Gasteiger partial charge in [0, 0.05) is 18.6 Å². The van der Waals surface area contributed by atoms with Gasteiger partial charge in [-0.15, -0.1) is 11.6 Å². The summed E-state index contributed by atoms with van der Waals surface area (Å²) in [6, 6.07) is 0. The third-order valence-electron chi connectivity index (χ3n) is 2.37. The molecule has 0 heterocycles. The molecule has 1 aliphatic rings. The second-order valence-corrected chi connectivity index (χ2v) is 4.04. The summed E-state index contributed by atoms with van der Waals surface area (Å²) in [5.41, 5.74) is 1.73. The van der Waals surface area contributed by atoms with Crippen molar-refractivity contribution in [3.05, 3.63) is 23.3 Å². The number of halogens is 1. The fraction of sp³-hybridized carbons (Fsp3) is 0.583. The van der Waals surface area contributed by atoms with Crippen LogP contribution in [0.5, 0.6) is 0 Å². The predicted molar refractivity (Wildman–Crippen MR) is 62.2 cm³/mol. The first-order valence-electron chi connectivity index (χ1n) is 5.35. The smallest absolute Gasteiger partial charge is 0.162 e. The lowest BCUT2D eigenvalue weighted by molar-refractivity contribution is -0.115. The van der Waals surface area contributed by atoms with Gasteiger partial charge in [-0.2, -0.15) is 0 Å². The van der Waals surface area contributed by atoms with Crippen LogP contribution in [0.3, 0.4) is 0 Å². The Morgan fingerprint density at radius 1 is 1.60 bits per heavy atom. The quantitative estimate of drug-likeness (QED) is 0.677. The van der Waals surface area contributed by atoms with Crippen LogP contribution in [0.25, 0.3) is 0 Å². The van der Waals surface area contributed by atoms with Crippen LogP contribution >= 0.6 is 11.6 Å². The van der Waals surface area contributed by atoms with Crippen LogP contribution in [-0.2, 0) is 9.53 Å². The molecule has 0 aromatic rings. The normalized spacial score (nSPS) is 20.9. The number of rotatable bonds is 5. The number of allylic oxidation sites excluding steroid dienone is 2. The van der Waals surface area contributed by atoms with E-state index in [-0.39, 0.29) is 11.2 Å². The first-order chi connectivity index (χ1) is 7.19. The minimum absolute atomic E-state index is 0.0547. The van der Waals surface area contributed by atoms with Crippen LogP contribution in [-0.4, -0.2) is 24.4 Å². The Kier molecular flexibility index (Phi) is 5.06. The molecular formula is C12H17ClO2. The summed E-state index contributed by atoms with van der Waals surface area (Å²) in [6.45, 7) is 4.98. The van der Waals surface area contributed by atoms with Crippen LogP contribution in [0.1, 0.15) is 26.7 Å². The Hall–Kier alpha value is -0.600. The van der Waals surface area contributed by atoms with Crippen molar-refractivity contribution in [3.63, 3.8) is 0 Å². The van der Waals surface area contributed by atoms with Crippen molar-refractivity contribution in [2.75, 3.05) is 13.2 Å². The van der Waals surface area contributed by atoms with Gasteiger partial charge in [0.2, 0.25) is 0 Å². The molecule has 0 aromatic heterocycles. The van der Waals surface area contributed by atoms with E-state index in [0.717, 1.165) is 17.6 Å². The number of ketones is 1. The van der Waals surface area contributed by atoms with Crippen LogP contribution in [0.15, 0.2) is 23.3 Å². The van der Waals surface area contributed by atoms with Gasteiger partial charge in [-0.3, -0.25) is 4.79 Å². The Morgan fingerprint density at radius 3 is 2.93 bits per heavy atom. The van der Waals surface area contributed by atoms with Crippen LogP contribution in [0.4, 0.5) is 0 Å². The Labute approximate surface area is 95.9 Å². The summed E-state index contributed by atoms with van der Waals surface area (Å²) >= 11 is 6.00. The zero-order chi connectivity index (χ0) is 11.3. The largest absolute Gasteiger partial charge is 0.377 e. The van der Waals surface area contributed by atoms with E-state index in [1.807, 2.05) is 26.0 Å². The maximum atomic E-state index is 11.7. The first kappa shape index (κ1) is 12.5. The Morgan fingerprint density at radius 2 is 2.33 bits per heavy atom. The number of alkyl halides is 1. The van der Waals surface area contributed by atoms with Crippen molar-refractivity contribution in [1.82, 2.24) is 0 Å². The summed E-state index contributed by atoms with van der Waals surface area (Å²) in [7, 11) is 0. The molecule has 0 N–H and O–H groups in total. The second-order valence-electron chi connectivity index (χ2n) is 3.48. The summed E-state index contributed by atoms with van der Waals surface area (Å²) in [4.78, 5) is 11.7. The fourth-order valence-electron chi connectivity index (χ4n) is 1.53. The maximum Gasteiger partial charge on any atom is 0.162 e. The van der Waals surface area contributed by atoms with Crippen LogP contribution in [0, 0.1) is 0 Å². The lowest BCUT2D eigenvalue weighted by Crippen LogP contribution is -2.14. The number of hydrogen-bond acceptors (Lipinski definition) is 2. The lowest BCUT2D eigenvalue weighted by Gasteiger charge is -2.17. The number of carbonyl (C=O) groups excluding carboxylic acids is 1. The molecule has 1 atom stereocenters. The van der Waals surface area contributed by atoms with E-state index in [1.165, 1.54) is 0 Å². The third-order valence-corrected chi connectivity index (χ3v) is 2.67. The van der Waals surface area contributed by atoms with E-state index < -0.39 is 0 Å². The minimum atomic E-state index is -0.0547. The molecule has 0 aliphatic heterocycles. The average Bonchev–Trinajstić information content (AvgIpc) is 2.26.